The van der Waals surface area contributed by atoms with Gasteiger partial charge >= 0.3 is 0 Å². The van der Waals surface area contributed by atoms with Crippen molar-refractivity contribution >= 4 is 10.9 Å². The van der Waals surface area contributed by atoms with Gasteiger partial charge in [-0.3, -0.25) is 0 Å². The van der Waals surface area contributed by atoms with Crippen LogP contribution < -0.4 is 0 Å². The molecule has 12 heteroatoms. The van der Waals surface area contributed by atoms with Crippen LogP contribution in [-0.4, -0.2) is 82.6 Å². The third-order valence-corrected chi connectivity index (χ3v) is 10.7. The molecule has 2 aromatic carbocycles. The standard InChI is InChI=1S/C26H32F3N3O5S/c1-26(2,37)25(16-6-4-3-5-14(16)7-8-33)38-13-20(35)23(24(36)21(38)12-34)32-11-19(30-31-32)15-9-17(27)22(29)18(28)10-15/h3-6,9-11,20-21,23-25,33-38H,7-8,12-13H2,1-2H3/t20-,21+,23-,24-,25?/m0/s1. The van der Waals surface area contributed by atoms with Crippen molar-refractivity contribution in [2.45, 2.75) is 54.6 Å². The number of benzene rings is 2. The van der Waals surface area contributed by atoms with Crippen LogP contribution in [0, 0.1) is 17.5 Å². The monoisotopic (exact) mass is 555 g/mol. The summed E-state index contributed by atoms with van der Waals surface area (Å²) in [6, 6.07) is 7.84. The number of rotatable bonds is 8. The van der Waals surface area contributed by atoms with Crippen LogP contribution >= 0.6 is 10.9 Å². The lowest BCUT2D eigenvalue weighted by Crippen LogP contribution is -2.52. The summed E-state index contributed by atoms with van der Waals surface area (Å²) < 4.78 is 42.0. The number of nitrogens with zero attached hydrogens (tertiary/aromatic N) is 3. The Bertz CT molecular complexity index is 1250. The maximum absolute atomic E-state index is 13.7. The molecule has 0 amide bonds. The number of aromatic nitrogens is 3. The topological polar surface area (TPSA) is 132 Å². The molecule has 1 aliphatic rings. The summed E-state index contributed by atoms with van der Waals surface area (Å²) in [5, 5.41) is 60.3. The molecule has 3 aromatic rings. The summed E-state index contributed by atoms with van der Waals surface area (Å²) in [7, 11) is -1.42. The molecule has 1 saturated heterocycles. The van der Waals surface area contributed by atoms with Gasteiger partial charge in [0.15, 0.2) is 17.5 Å². The fraction of sp³-hybridized carbons (Fsp3) is 0.462. The highest BCUT2D eigenvalue weighted by atomic mass is 32.2. The largest absolute Gasteiger partial charge is 0.396 e. The first-order valence-corrected chi connectivity index (χ1v) is 13.8. The van der Waals surface area contributed by atoms with E-state index < -0.39 is 69.3 Å². The lowest BCUT2D eigenvalue weighted by atomic mass is 9.93. The minimum absolute atomic E-state index is 0.00267. The van der Waals surface area contributed by atoms with Crippen molar-refractivity contribution in [2.24, 2.45) is 0 Å². The molecule has 1 aliphatic heterocycles. The molecule has 0 bridgehead atoms. The van der Waals surface area contributed by atoms with Gasteiger partial charge in [0.05, 0.1) is 30.6 Å². The molecule has 0 spiro atoms. The van der Waals surface area contributed by atoms with Crippen molar-refractivity contribution in [2.75, 3.05) is 19.0 Å². The quantitative estimate of drug-likeness (QED) is 0.185. The van der Waals surface area contributed by atoms with Crippen molar-refractivity contribution in [3.05, 3.63) is 71.2 Å². The molecule has 0 saturated carbocycles. The maximum atomic E-state index is 13.7. The van der Waals surface area contributed by atoms with E-state index in [2.05, 4.69) is 10.3 Å². The Morgan fingerprint density at radius 2 is 1.76 bits per heavy atom. The molecule has 1 aromatic heterocycles. The number of aliphatic hydroxyl groups excluding tert-OH is 4. The van der Waals surface area contributed by atoms with E-state index in [1.165, 1.54) is 10.9 Å². The van der Waals surface area contributed by atoms with Gasteiger partial charge in [0.1, 0.15) is 11.7 Å². The van der Waals surface area contributed by atoms with E-state index in [1.807, 2.05) is 24.3 Å². The first-order valence-electron chi connectivity index (χ1n) is 12.2. The van der Waals surface area contributed by atoms with Crippen LogP contribution in [0.2, 0.25) is 0 Å². The molecule has 2 unspecified atom stereocenters. The second-order valence-electron chi connectivity index (χ2n) is 10.1. The lowest BCUT2D eigenvalue weighted by Gasteiger charge is -2.51. The van der Waals surface area contributed by atoms with E-state index in [-0.39, 0.29) is 23.6 Å². The van der Waals surface area contributed by atoms with E-state index in [0.29, 0.717) is 6.42 Å². The SMILES string of the molecule is CC(C)(O)C(c1ccccc1CCO)[SH]1C[C@H](O)[C@H](n2cc(-c3cc(F)c(F)c(F)c3)nn2)[C@@H](O)[C@H]1CO. The molecule has 2 heterocycles. The maximum Gasteiger partial charge on any atom is 0.194 e. The van der Waals surface area contributed by atoms with Gasteiger partial charge in [-0.05, 0) is 43.5 Å². The smallest absolute Gasteiger partial charge is 0.194 e. The Hall–Kier alpha value is -2.48. The van der Waals surface area contributed by atoms with Crippen molar-refractivity contribution in [3.8, 4) is 11.3 Å². The highest BCUT2D eigenvalue weighted by Gasteiger charge is 2.49. The number of thiol groups is 1. The number of hydrogen-bond acceptors (Lipinski definition) is 7. The molecule has 0 aliphatic carbocycles. The van der Waals surface area contributed by atoms with Crippen molar-refractivity contribution in [1.29, 1.82) is 0 Å². The van der Waals surface area contributed by atoms with E-state index in [0.717, 1.165) is 23.3 Å². The summed E-state index contributed by atoms with van der Waals surface area (Å²) in [6.07, 6.45) is -0.823. The number of hydrogen-bond donors (Lipinski definition) is 6. The molecule has 0 radical (unpaired) electrons. The molecular formula is C26H32F3N3O5S. The summed E-state index contributed by atoms with van der Waals surface area (Å²) in [6.45, 7) is 2.75. The Morgan fingerprint density at radius 3 is 2.37 bits per heavy atom. The molecule has 1 fully saturated rings. The lowest BCUT2D eigenvalue weighted by molar-refractivity contribution is 0.00570. The van der Waals surface area contributed by atoms with Gasteiger partial charge in [-0.2, -0.15) is 0 Å². The normalized spacial score (nSPS) is 25.9. The average Bonchev–Trinajstić information content (AvgIpc) is 3.32. The highest BCUT2D eigenvalue weighted by Crippen LogP contribution is 2.57. The molecule has 8 nitrogen and oxygen atoms in total. The van der Waals surface area contributed by atoms with Crippen LogP contribution in [-0.2, 0) is 6.42 Å². The summed E-state index contributed by atoms with van der Waals surface area (Å²) in [5.41, 5.74) is 0.250. The molecule has 38 heavy (non-hydrogen) atoms. The first kappa shape index (κ1) is 28.5. The Balaban J connectivity index is 1.69. The zero-order valence-electron chi connectivity index (χ0n) is 20.9. The Morgan fingerprint density at radius 1 is 1.11 bits per heavy atom. The predicted molar refractivity (Wildman–Crippen MR) is 137 cm³/mol. The van der Waals surface area contributed by atoms with Crippen LogP contribution in [0.5, 0.6) is 0 Å². The second kappa shape index (κ2) is 11.3. The van der Waals surface area contributed by atoms with Gasteiger partial charge in [-0.15, -0.1) is 5.10 Å². The third-order valence-electron chi connectivity index (χ3n) is 6.98. The van der Waals surface area contributed by atoms with Crippen molar-refractivity contribution in [1.82, 2.24) is 15.0 Å². The summed E-state index contributed by atoms with van der Waals surface area (Å²) in [5.74, 6) is -4.26. The fourth-order valence-corrected chi connectivity index (χ4v) is 9.04. The van der Waals surface area contributed by atoms with Crippen LogP contribution in [0.3, 0.4) is 0 Å². The van der Waals surface area contributed by atoms with E-state index in [9.17, 15) is 38.7 Å². The summed E-state index contributed by atoms with van der Waals surface area (Å²) in [4.78, 5) is 0. The molecule has 208 valence electrons. The minimum Gasteiger partial charge on any atom is -0.396 e. The van der Waals surface area contributed by atoms with Crippen LogP contribution in [0.15, 0.2) is 42.6 Å². The number of halogens is 3. The van der Waals surface area contributed by atoms with Gasteiger partial charge in [0, 0.05) is 28.4 Å². The van der Waals surface area contributed by atoms with E-state index >= 15 is 0 Å². The highest BCUT2D eigenvalue weighted by molar-refractivity contribution is 8.18. The zero-order valence-corrected chi connectivity index (χ0v) is 21.8. The van der Waals surface area contributed by atoms with Crippen LogP contribution in [0.25, 0.3) is 11.3 Å². The number of aliphatic hydroxyl groups is 5. The molecule has 6 atom stereocenters. The van der Waals surface area contributed by atoms with E-state index in [4.69, 9.17) is 0 Å². The average molecular weight is 556 g/mol. The van der Waals surface area contributed by atoms with E-state index in [1.54, 1.807) is 13.8 Å². The van der Waals surface area contributed by atoms with Crippen LogP contribution in [0.4, 0.5) is 13.2 Å². The Labute approximate surface area is 220 Å². The van der Waals surface area contributed by atoms with Gasteiger partial charge in [-0.1, -0.05) is 29.5 Å². The zero-order chi connectivity index (χ0) is 27.8. The Kier molecular flexibility index (Phi) is 8.50. The minimum atomic E-state index is -1.61. The molecule has 4 rings (SSSR count). The summed E-state index contributed by atoms with van der Waals surface area (Å²) >= 11 is 0. The van der Waals surface area contributed by atoms with Gasteiger partial charge in [0.2, 0.25) is 0 Å². The first-order chi connectivity index (χ1) is 18.0. The second-order valence-corrected chi connectivity index (χ2v) is 12.6. The fourth-order valence-electron chi connectivity index (χ4n) is 5.33. The predicted octanol–water partition coefficient (Wildman–Crippen LogP) is 2.05. The van der Waals surface area contributed by atoms with Crippen molar-refractivity contribution in [3.63, 3.8) is 0 Å². The van der Waals surface area contributed by atoms with Gasteiger partial charge in [0.25, 0.3) is 0 Å². The van der Waals surface area contributed by atoms with Gasteiger partial charge in [-0.25, -0.2) is 28.7 Å². The van der Waals surface area contributed by atoms with Crippen LogP contribution in [0.1, 0.15) is 36.3 Å². The van der Waals surface area contributed by atoms with Gasteiger partial charge < -0.3 is 25.5 Å². The third kappa shape index (κ3) is 5.47. The van der Waals surface area contributed by atoms with Crippen molar-refractivity contribution < 1.29 is 38.7 Å². The molecular weight excluding hydrogens is 523 g/mol. The molecule has 5 N–H and O–H groups in total.